The van der Waals surface area contributed by atoms with Crippen molar-refractivity contribution in [3.05, 3.63) is 12.2 Å². The van der Waals surface area contributed by atoms with Crippen LogP contribution in [0.25, 0.3) is 0 Å². The van der Waals surface area contributed by atoms with E-state index < -0.39 is 0 Å². The van der Waals surface area contributed by atoms with E-state index in [1.165, 1.54) is 19.4 Å². The summed E-state index contributed by atoms with van der Waals surface area (Å²) in [5.74, 6) is 1.43. The van der Waals surface area contributed by atoms with Crippen LogP contribution >= 0.6 is 0 Å². The van der Waals surface area contributed by atoms with Gasteiger partial charge >= 0.3 is 0 Å². The molecule has 2 rings (SSSR count). The molecule has 0 radical (unpaired) electrons. The van der Waals surface area contributed by atoms with E-state index in [2.05, 4.69) is 17.1 Å². The normalized spacial score (nSPS) is 26.4. The van der Waals surface area contributed by atoms with Crippen LogP contribution in [0, 0.1) is 11.8 Å². The molecule has 0 bridgehead atoms. The first-order valence-corrected chi connectivity index (χ1v) is 4.86. The SMILES string of the molecule is OCC1CN(CC2CC=CC2)C1. The average molecular weight is 167 g/mol. The second kappa shape index (κ2) is 3.58. The van der Waals surface area contributed by atoms with Gasteiger partial charge in [0.25, 0.3) is 0 Å². The van der Waals surface area contributed by atoms with Gasteiger partial charge in [-0.25, -0.2) is 0 Å². The van der Waals surface area contributed by atoms with Gasteiger partial charge in [-0.05, 0) is 18.8 Å². The Morgan fingerprint density at radius 3 is 2.42 bits per heavy atom. The molecule has 2 heteroatoms. The van der Waals surface area contributed by atoms with Crippen molar-refractivity contribution in [2.75, 3.05) is 26.2 Å². The van der Waals surface area contributed by atoms with Crippen molar-refractivity contribution < 1.29 is 5.11 Å². The minimum Gasteiger partial charge on any atom is -0.396 e. The van der Waals surface area contributed by atoms with Gasteiger partial charge in [-0.1, -0.05) is 12.2 Å². The van der Waals surface area contributed by atoms with Gasteiger partial charge in [0.1, 0.15) is 0 Å². The third-order valence-electron chi connectivity index (χ3n) is 2.91. The standard InChI is InChI=1S/C10H17NO/c12-8-10-6-11(7-10)5-9-3-1-2-4-9/h1-2,9-10,12H,3-8H2. The molecule has 0 amide bonds. The predicted molar refractivity (Wildman–Crippen MR) is 48.9 cm³/mol. The topological polar surface area (TPSA) is 23.5 Å². The molecule has 0 aromatic heterocycles. The van der Waals surface area contributed by atoms with E-state index in [4.69, 9.17) is 5.11 Å². The number of aliphatic hydroxyl groups is 1. The molecule has 2 nitrogen and oxygen atoms in total. The summed E-state index contributed by atoms with van der Waals surface area (Å²) < 4.78 is 0. The number of rotatable bonds is 3. The highest BCUT2D eigenvalue weighted by molar-refractivity contribution is 4.96. The molecule has 1 aliphatic heterocycles. The monoisotopic (exact) mass is 167 g/mol. The van der Waals surface area contributed by atoms with Gasteiger partial charge in [-0.15, -0.1) is 0 Å². The van der Waals surface area contributed by atoms with Crippen molar-refractivity contribution in [2.24, 2.45) is 11.8 Å². The van der Waals surface area contributed by atoms with Crippen LogP contribution < -0.4 is 0 Å². The van der Waals surface area contributed by atoms with Gasteiger partial charge in [0.2, 0.25) is 0 Å². The van der Waals surface area contributed by atoms with Crippen molar-refractivity contribution in [1.82, 2.24) is 4.90 Å². The largest absolute Gasteiger partial charge is 0.396 e. The fourth-order valence-corrected chi connectivity index (χ4v) is 2.13. The zero-order chi connectivity index (χ0) is 8.39. The summed E-state index contributed by atoms with van der Waals surface area (Å²) in [7, 11) is 0. The molecule has 2 aliphatic rings. The Bertz CT molecular complexity index is 165. The lowest BCUT2D eigenvalue weighted by molar-refractivity contribution is 0.0429. The Labute approximate surface area is 73.9 Å². The number of aliphatic hydroxyl groups excluding tert-OH is 1. The summed E-state index contributed by atoms with van der Waals surface area (Å²) in [6.07, 6.45) is 7.10. The van der Waals surface area contributed by atoms with E-state index >= 15 is 0 Å². The molecule has 0 atom stereocenters. The Morgan fingerprint density at radius 2 is 1.83 bits per heavy atom. The first-order valence-electron chi connectivity index (χ1n) is 4.86. The summed E-state index contributed by atoms with van der Waals surface area (Å²) in [5, 5.41) is 8.83. The van der Waals surface area contributed by atoms with Crippen LogP contribution in [-0.2, 0) is 0 Å². The third-order valence-corrected chi connectivity index (χ3v) is 2.91. The first-order chi connectivity index (χ1) is 5.88. The van der Waals surface area contributed by atoms with Crippen LogP contribution in [-0.4, -0.2) is 36.2 Å². The molecule has 0 saturated carbocycles. The van der Waals surface area contributed by atoms with Crippen LogP contribution in [0.3, 0.4) is 0 Å². The maximum absolute atomic E-state index is 8.83. The summed E-state index contributed by atoms with van der Waals surface area (Å²) >= 11 is 0. The predicted octanol–water partition coefficient (Wildman–Crippen LogP) is 0.877. The van der Waals surface area contributed by atoms with Gasteiger partial charge < -0.3 is 10.0 Å². The van der Waals surface area contributed by atoms with E-state index in [1.807, 2.05) is 0 Å². The zero-order valence-electron chi connectivity index (χ0n) is 7.45. The first kappa shape index (κ1) is 8.27. The van der Waals surface area contributed by atoms with Crippen molar-refractivity contribution in [3.8, 4) is 0 Å². The second-order valence-corrected chi connectivity index (χ2v) is 4.08. The lowest BCUT2D eigenvalue weighted by Gasteiger charge is -2.39. The van der Waals surface area contributed by atoms with Gasteiger partial charge in [-0.2, -0.15) is 0 Å². The highest BCUT2D eigenvalue weighted by atomic mass is 16.3. The lowest BCUT2D eigenvalue weighted by atomic mass is 9.98. The molecular weight excluding hydrogens is 150 g/mol. The summed E-state index contributed by atoms with van der Waals surface area (Å²) in [6.45, 7) is 3.85. The maximum Gasteiger partial charge on any atom is 0.0483 e. The fourth-order valence-electron chi connectivity index (χ4n) is 2.13. The molecule has 0 unspecified atom stereocenters. The Hall–Kier alpha value is -0.340. The number of hydrogen-bond acceptors (Lipinski definition) is 2. The van der Waals surface area contributed by atoms with Crippen LogP contribution in [0.1, 0.15) is 12.8 Å². The van der Waals surface area contributed by atoms with Gasteiger partial charge in [0, 0.05) is 32.2 Å². The van der Waals surface area contributed by atoms with Gasteiger partial charge in [0.05, 0.1) is 0 Å². The Kier molecular flexibility index (Phi) is 2.47. The van der Waals surface area contributed by atoms with Crippen molar-refractivity contribution in [3.63, 3.8) is 0 Å². The fraction of sp³-hybridized carbons (Fsp3) is 0.800. The molecule has 0 aromatic rings. The van der Waals surface area contributed by atoms with Gasteiger partial charge in [-0.3, -0.25) is 0 Å². The Morgan fingerprint density at radius 1 is 1.17 bits per heavy atom. The van der Waals surface area contributed by atoms with E-state index in [-0.39, 0.29) is 0 Å². The molecular formula is C10H17NO. The molecule has 0 spiro atoms. The van der Waals surface area contributed by atoms with Crippen LogP contribution in [0.5, 0.6) is 0 Å². The van der Waals surface area contributed by atoms with Crippen LogP contribution in [0.4, 0.5) is 0 Å². The Balaban J connectivity index is 1.63. The van der Waals surface area contributed by atoms with E-state index in [0.717, 1.165) is 19.0 Å². The van der Waals surface area contributed by atoms with Crippen LogP contribution in [0.15, 0.2) is 12.2 Å². The lowest BCUT2D eigenvalue weighted by Crippen LogP contribution is -2.49. The van der Waals surface area contributed by atoms with Crippen molar-refractivity contribution in [1.29, 1.82) is 0 Å². The molecule has 0 aromatic carbocycles. The molecule has 1 aliphatic carbocycles. The quantitative estimate of drug-likeness (QED) is 0.631. The molecule has 1 saturated heterocycles. The summed E-state index contributed by atoms with van der Waals surface area (Å²) in [4.78, 5) is 2.46. The molecule has 1 heterocycles. The van der Waals surface area contributed by atoms with E-state index in [9.17, 15) is 0 Å². The highest BCUT2D eigenvalue weighted by Crippen LogP contribution is 2.23. The van der Waals surface area contributed by atoms with Crippen molar-refractivity contribution >= 4 is 0 Å². The minimum atomic E-state index is 0.374. The molecule has 12 heavy (non-hydrogen) atoms. The molecule has 1 N–H and O–H groups in total. The minimum absolute atomic E-state index is 0.374. The van der Waals surface area contributed by atoms with E-state index in [0.29, 0.717) is 12.5 Å². The summed E-state index contributed by atoms with van der Waals surface area (Å²) in [6, 6.07) is 0. The summed E-state index contributed by atoms with van der Waals surface area (Å²) in [5.41, 5.74) is 0. The highest BCUT2D eigenvalue weighted by Gasteiger charge is 2.27. The second-order valence-electron chi connectivity index (χ2n) is 4.08. The van der Waals surface area contributed by atoms with Crippen LogP contribution in [0.2, 0.25) is 0 Å². The average Bonchev–Trinajstić information content (AvgIpc) is 2.47. The number of nitrogens with zero attached hydrogens (tertiary/aromatic N) is 1. The number of allylic oxidation sites excluding steroid dienone is 2. The smallest absolute Gasteiger partial charge is 0.0483 e. The zero-order valence-corrected chi connectivity index (χ0v) is 7.45. The number of hydrogen-bond donors (Lipinski definition) is 1. The van der Waals surface area contributed by atoms with Gasteiger partial charge in [0.15, 0.2) is 0 Å². The third kappa shape index (κ3) is 1.70. The van der Waals surface area contributed by atoms with Crippen molar-refractivity contribution in [2.45, 2.75) is 12.8 Å². The molecule has 68 valence electrons. The number of likely N-dealkylation sites (tertiary alicyclic amines) is 1. The molecule has 1 fully saturated rings. The van der Waals surface area contributed by atoms with E-state index in [1.54, 1.807) is 0 Å². The maximum atomic E-state index is 8.83.